The highest BCUT2D eigenvalue weighted by molar-refractivity contribution is 6.39. The van der Waals surface area contributed by atoms with Crippen molar-refractivity contribution in [3.8, 4) is 11.5 Å². The first-order valence-electron chi connectivity index (χ1n) is 8.23. The Morgan fingerprint density at radius 2 is 1.71 bits per heavy atom. The molecule has 2 aromatic carbocycles. The first kappa shape index (κ1) is 18.8. The highest BCUT2D eigenvalue weighted by Crippen LogP contribution is 2.26. The molecule has 2 aromatic rings. The van der Waals surface area contributed by atoms with E-state index in [0.29, 0.717) is 11.3 Å². The molecule has 0 bridgehead atoms. The fraction of sp³-hybridized carbons (Fsp3) is 0.100. The Bertz CT molecular complexity index is 994. The lowest BCUT2D eigenvalue weighted by Gasteiger charge is -2.26. The molecule has 1 N–H and O–H groups in total. The maximum atomic E-state index is 12.9. The Hall–Kier alpha value is -3.94. The lowest BCUT2D eigenvalue weighted by Crippen LogP contribution is -2.54. The van der Waals surface area contributed by atoms with E-state index in [4.69, 9.17) is 9.47 Å². The molecule has 0 atom stereocenters. The summed E-state index contributed by atoms with van der Waals surface area (Å²) in [6.45, 7) is 1.24. The normalized spacial score (nSPS) is 15.4. The van der Waals surface area contributed by atoms with E-state index in [2.05, 4.69) is 5.32 Å². The van der Waals surface area contributed by atoms with Crippen LogP contribution in [0.25, 0.3) is 6.08 Å². The number of methoxy groups -OCH3 is 1. The van der Waals surface area contributed by atoms with Crippen molar-refractivity contribution in [3.05, 3.63) is 59.7 Å². The van der Waals surface area contributed by atoms with Gasteiger partial charge in [0.2, 0.25) is 0 Å². The number of para-hydroxylation sites is 1. The number of amides is 4. The number of benzene rings is 2. The van der Waals surface area contributed by atoms with E-state index in [1.54, 1.807) is 30.3 Å². The minimum absolute atomic E-state index is 0.191. The summed E-state index contributed by atoms with van der Waals surface area (Å²) >= 11 is 0. The third kappa shape index (κ3) is 3.75. The van der Waals surface area contributed by atoms with Crippen LogP contribution in [0.4, 0.5) is 10.5 Å². The number of hydrogen-bond donors (Lipinski definition) is 1. The van der Waals surface area contributed by atoms with Crippen molar-refractivity contribution >= 4 is 35.6 Å². The molecule has 0 radical (unpaired) electrons. The Morgan fingerprint density at radius 3 is 2.36 bits per heavy atom. The number of esters is 1. The topological polar surface area (TPSA) is 102 Å². The summed E-state index contributed by atoms with van der Waals surface area (Å²) in [5.41, 5.74) is 0.352. The molecule has 0 spiro atoms. The van der Waals surface area contributed by atoms with Crippen LogP contribution >= 0.6 is 0 Å². The van der Waals surface area contributed by atoms with E-state index >= 15 is 0 Å². The quantitative estimate of drug-likeness (QED) is 0.378. The summed E-state index contributed by atoms with van der Waals surface area (Å²) < 4.78 is 10.2. The van der Waals surface area contributed by atoms with Crippen LogP contribution in [-0.2, 0) is 14.4 Å². The van der Waals surface area contributed by atoms with Gasteiger partial charge < -0.3 is 9.47 Å². The number of ether oxygens (including phenoxy) is 2. The molecule has 28 heavy (non-hydrogen) atoms. The summed E-state index contributed by atoms with van der Waals surface area (Å²) in [6, 6.07) is 11.8. The van der Waals surface area contributed by atoms with Crippen molar-refractivity contribution < 1.29 is 28.7 Å². The van der Waals surface area contributed by atoms with Crippen LogP contribution in [0.5, 0.6) is 11.5 Å². The first-order valence-corrected chi connectivity index (χ1v) is 8.23. The molecule has 1 aliphatic rings. The van der Waals surface area contributed by atoms with Gasteiger partial charge in [-0.15, -0.1) is 0 Å². The van der Waals surface area contributed by atoms with Gasteiger partial charge >= 0.3 is 12.0 Å². The predicted molar refractivity (Wildman–Crippen MR) is 99.7 cm³/mol. The van der Waals surface area contributed by atoms with Gasteiger partial charge in [0.15, 0.2) is 0 Å². The molecule has 8 nitrogen and oxygen atoms in total. The number of rotatable bonds is 4. The standard InChI is InChI=1S/C20H16N2O6/c1-12(23)28-17-6-4-3-5-13(17)11-16-18(24)21-20(26)22(19(16)25)14-7-9-15(27-2)10-8-14/h3-11H,1-2H3,(H,21,24,26)/b16-11-. The smallest absolute Gasteiger partial charge is 0.335 e. The monoisotopic (exact) mass is 380 g/mol. The van der Waals surface area contributed by atoms with Gasteiger partial charge in [0.1, 0.15) is 17.1 Å². The van der Waals surface area contributed by atoms with E-state index in [1.165, 1.54) is 38.3 Å². The molecular weight excluding hydrogens is 364 g/mol. The zero-order valence-electron chi connectivity index (χ0n) is 15.1. The number of carbonyl (C=O) groups excluding carboxylic acids is 4. The molecular formula is C20H16N2O6. The second-order valence-corrected chi connectivity index (χ2v) is 5.79. The number of barbiturate groups is 1. The predicted octanol–water partition coefficient (Wildman–Crippen LogP) is 2.29. The zero-order valence-corrected chi connectivity index (χ0v) is 15.1. The third-order valence-electron chi connectivity index (χ3n) is 3.90. The van der Waals surface area contributed by atoms with Crippen molar-refractivity contribution in [1.82, 2.24) is 5.32 Å². The van der Waals surface area contributed by atoms with Crippen LogP contribution in [0, 0.1) is 0 Å². The first-order chi connectivity index (χ1) is 13.4. The Labute approximate surface area is 160 Å². The van der Waals surface area contributed by atoms with Gasteiger partial charge in [-0.25, -0.2) is 9.69 Å². The average Bonchev–Trinajstić information content (AvgIpc) is 2.66. The van der Waals surface area contributed by atoms with E-state index < -0.39 is 23.8 Å². The van der Waals surface area contributed by atoms with Gasteiger partial charge in [0.25, 0.3) is 11.8 Å². The molecule has 0 aliphatic carbocycles. The summed E-state index contributed by atoms with van der Waals surface area (Å²) in [5, 5.41) is 2.14. The molecule has 142 valence electrons. The number of imide groups is 2. The minimum atomic E-state index is -0.856. The van der Waals surface area contributed by atoms with Crippen LogP contribution < -0.4 is 19.7 Å². The van der Waals surface area contributed by atoms with Crippen molar-refractivity contribution in [2.75, 3.05) is 12.0 Å². The number of nitrogens with zero attached hydrogens (tertiary/aromatic N) is 1. The minimum Gasteiger partial charge on any atom is -0.497 e. The highest BCUT2D eigenvalue weighted by atomic mass is 16.5. The number of hydrogen-bond acceptors (Lipinski definition) is 6. The third-order valence-corrected chi connectivity index (χ3v) is 3.90. The molecule has 3 rings (SSSR count). The summed E-state index contributed by atoms with van der Waals surface area (Å²) in [4.78, 5) is 49.5. The number of anilines is 1. The van der Waals surface area contributed by atoms with Crippen molar-refractivity contribution in [3.63, 3.8) is 0 Å². The number of nitrogens with one attached hydrogen (secondary N) is 1. The van der Waals surface area contributed by atoms with Crippen molar-refractivity contribution in [1.29, 1.82) is 0 Å². The molecule has 1 fully saturated rings. The van der Waals surface area contributed by atoms with E-state index in [1.807, 2.05) is 0 Å². The van der Waals surface area contributed by atoms with Gasteiger partial charge in [-0.05, 0) is 36.4 Å². The molecule has 4 amide bonds. The van der Waals surface area contributed by atoms with E-state index in [-0.39, 0.29) is 17.0 Å². The van der Waals surface area contributed by atoms with Crippen molar-refractivity contribution in [2.24, 2.45) is 0 Å². The molecule has 1 heterocycles. The Balaban J connectivity index is 2.00. The molecule has 1 aliphatic heterocycles. The number of carbonyl (C=O) groups is 4. The maximum absolute atomic E-state index is 12.9. The van der Waals surface area contributed by atoms with Gasteiger partial charge in [-0.2, -0.15) is 0 Å². The average molecular weight is 380 g/mol. The van der Waals surface area contributed by atoms with Gasteiger partial charge in [0, 0.05) is 12.5 Å². The van der Waals surface area contributed by atoms with Gasteiger partial charge in [-0.3, -0.25) is 19.7 Å². The SMILES string of the molecule is COc1ccc(N2C(=O)NC(=O)/C(=C/c3ccccc3OC(C)=O)C2=O)cc1. The largest absolute Gasteiger partial charge is 0.497 e. The fourth-order valence-corrected chi connectivity index (χ4v) is 2.63. The summed E-state index contributed by atoms with van der Waals surface area (Å²) in [6.07, 6.45) is 1.28. The molecule has 8 heteroatoms. The van der Waals surface area contributed by atoms with E-state index in [9.17, 15) is 19.2 Å². The lowest BCUT2D eigenvalue weighted by atomic mass is 10.1. The Morgan fingerprint density at radius 1 is 1.04 bits per heavy atom. The number of urea groups is 1. The second kappa shape index (κ2) is 7.75. The van der Waals surface area contributed by atoms with Crippen LogP contribution in [0.15, 0.2) is 54.1 Å². The van der Waals surface area contributed by atoms with Crippen LogP contribution in [0.3, 0.4) is 0 Å². The van der Waals surface area contributed by atoms with E-state index in [0.717, 1.165) is 4.90 Å². The molecule has 0 aromatic heterocycles. The molecule has 0 unspecified atom stereocenters. The fourth-order valence-electron chi connectivity index (χ4n) is 2.63. The molecule has 0 saturated carbocycles. The Kier molecular flexibility index (Phi) is 5.21. The second-order valence-electron chi connectivity index (χ2n) is 5.79. The highest BCUT2D eigenvalue weighted by Gasteiger charge is 2.37. The van der Waals surface area contributed by atoms with Crippen molar-refractivity contribution in [2.45, 2.75) is 6.92 Å². The molecule has 1 saturated heterocycles. The summed E-state index contributed by atoms with van der Waals surface area (Å²) in [5.74, 6) is -1.43. The zero-order chi connectivity index (χ0) is 20.3. The summed E-state index contributed by atoms with van der Waals surface area (Å²) in [7, 11) is 1.49. The van der Waals surface area contributed by atoms with Gasteiger partial charge in [0.05, 0.1) is 12.8 Å². The van der Waals surface area contributed by atoms with Crippen LogP contribution in [0.1, 0.15) is 12.5 Å². The lowest BCUT2D eigenvalue weighted by molar-refractivity contribution is -0.132. The van der Waals surface area contributed by atoms with Crippen LogP contribution in [-0.4, -0.2) is 30.9 Å². The van der Waals surface area contributed by atoms with Gasteiger partial charge in [-0.1, -0.05) is 18.2 Å². The maximum Gasteiger partial charge on any atom is 0.335 e. The van der Waals surface area contributed by atoms with Crippen LogP contribution in [0.2, 0.25) is 0 Å².